The second-order valence-corrected chi connectivity index (χ2v) is 9.01. The van der Waals surface area contributed by atoms with Gasteiger partial charge in [-0.05, 0) is 25.2 Å². The molecular formula is C15H28N2O4S. The Bertz CT molecular complexity index is 456. The average Bonchev–Trinajstić information content (AvgIpc) is 2.47. The van der Waals surface area contributed by atoms with Crippen molar-refractivity contribution in [3.8, 4) is 0 Å². The van der Waals surface area contributed by atoms with Gasteiger partial charge < -0.3 is 9.64 Å². The minimum absolute atomic E-state index is 0.216. The van der Waals surface area contributed by atoms with Gasteiger partial charge in [-0.25, -0.2) is 13.2 Å². The number of hydrogen-bond acceptors (Lipinski definition) is 5. The van der Waals surface area contributed by atoms with Gasteiger partial charge >= 0.3 is 6.09 Å². The van der Waals surface area contributed by atoms with E-state index in [0.29, 0.717) is 43.2 Å². The van der Waals surface area contributed by atoms with Crippen molar-refractivity contribution in [2.24, 2.45) is 5.92 Å². The number of piperazine rings is 1. The molecule has 7 heteroatoms. The van der Waals surface area contributed by atoms with Crippen LogP contribution in [0.2, 0.25) is 0 Å². The van der Waals surface area contributed by atoms with Crippen LogP contribution in [0.5, 0.6) is 0 Å². The number of ether oxygens (including phenoxy) is 1. The van der Waals surface area contributed by atoms with Crippen molar-refractivity contribution in [2.45, 2.75) is 39.2 Å². The van der Waals surface area contributed by atoms with Gasteiger partial charge in [0.1, 0.15) is 9.84 Å². The lowest BCUT2D eigenvalue weighted by Crippen LogP contribution is -2.53. The SMILES string of the molecule is CC(C)CCOC(=O)N1CCN(C2CCS(=O)(=O)CC2)CC1. The number of hydrogen-bond donors (Lipinski definition) is 0. The van der Waals surface area contributed by atoms with Gasteiger partial charge in [-0.15, -0.1) is 0 Å². The third-order valence-electron chi connectivity index (χ3n) is 4.53. The van der Waals surface area contributed by atoms with Gasteiger partial charge in [-0.2, -0.15) is 0 Å². The summed E-state index contributed by atoms with van der Waals surface area (Å²) in [6.45, 7) is 7.66. The smallest absolute Gasteiger partial charge is 0.409 e. The van der Waals surface area contributed by atoms with Gasteiger partial charge in [0.15, 0.2) is 0 Å². The predicted molar refractivity (Wildman–Crippen MR) is 85.6 cm³/mol. The van der Waals surface area contributed by atoms with E-state index in [-0.39, 0.29) is 6.09 Å². The summed E-state index contributed by atoms with van der Waals surface area (Å²) < 4.78 is 28.3. The third-order valence-corrected chi connectivity index (χ3v) is 6.25. The van der Waals surface area contributed by atoms with Crippen LogP contribution in [0.1, 0.15) is 33.1 Å². The second kappa shape index (κ2) is 7.64. The fourth-order valence-electron chi connectivity index (χ4n) is 2.99. The first-order chi connectivity index (χ1) is 10.4. The molecule has 0 aromatic rings. The molecule has 0 aromatic carbocycles. The highest BCUT2D eigenvalue weighted by Gasteiger charge is 2.31. The summed E-state index contributed by atoms with van der Waals surface area (Å²) in [5, 5.41) is 0. The van der Waals surface area contributed by atoms with E-state index in [9.17, 15) is 13.2 Å². The quantitative estimate of drug-likeness (QED) is 0.778. The first kappa shape index (κ1) is 17.5. The zero-order chi connectivity index (χ0) is 16.2. The lowest BCUT2D eigenvalue weighted by molar-refractivity contribution is 0.0596. The fraction of sp³-hybridized carbons (Fsp3) is 0.933. The Morgan fingerprint density at radius 1 is 1.14 bits per heavy atom. The topological polar surface area (TPSA) is 66.9 Å². The largest absolute Gasteiger partial charge is 0.449 e. The monoisotopic (exact) mass is 332 g/mol. The molecule has 0 N–H and O–H groups in total. The maximum absolute atomic E-state index is 12.0. The highest BCUT2D eigenvalue weighted by Crippen LogP contribution is 2.19. The average molecular weight is 332 g/mol. The number of sulfone groups is 1. The van der Waals surface area contributed by atoms with Crippen molar-refractivity contribution >= 4 is 15.9 Å². The summed E-state index contributed by atoms with van der Waals surface area (Å²) in [5.74, 6) is 1.14. The summed E-state index contributed by atoms with van der Waals surface area (Å²) in [5.41, 5.74) is 0. The fourth-order valence-corrected chi connectivity index (χ4v) is 4.45. The number of rotatable bonds is 4. The molecular weight excluding hydrogens is 304 g/mol. The van der Waals surface area contributed by atoms with E-state index in [1.165, 1.54) is 0 Å². The van der Waals surface area contributed by atoms with Crippen LogP contribution in [0.3, 0.4) is 0 Å². The maximum atomic E-state index is 12.0. The Kier molecular flexibility index (Phi) is 6.09. The Labute approximate surface area is 133 Å². The molecule has 6 nitrogen and oxygen atoms in total. The normalized spacial score (nSPS) is 23.7. The van der Waals surface area contributed by atoms with Crippen LogP contribution in [-0.2, 0) is 14.6 Å². The number of amides is 1. The molecule has 2 fully saturated rings. The molecule has 128 valence electrons. The summed E-state index contributed by atoms with van der Waals surface area (Å²) >= 11 is 0. The van der Waals surface area contributed by atoms with Crippen molar-refractivity contribution in [2.75, 3.05) is 44.3 Å². The molecule has 2 aliphatic heterocycles. The molecule has 0 radical (unpaired) electrons. The molecule has 1 amide bonds. The van der Waals surface area contributed by atoms with Gasteiger partial charge in [0.2, 0.25) is 0 Å². The highest BCUT2D eigenvalue weighted by molar-refractivity contribution is 7.91. The summed E-state index contributed by atoms with van der Waals surface area (Å²) in [6, 6.07) is 0.350. The summed E-state index contributed by atoms with van der Waals surface area (Å²) in [7, 11) is -2.81. The number of nitrogens with zero attached hydrogens (tertiary/aromatic N) is 2. The molecule has 0 saturated carbocycles. The Morgan fingerprint density at radius 2 is 1.73 bits per heavy atom. The molecule has 0 spiro atoms. The molecule has 0 atom stereocenters. The van der Waals surface area contributed by atoms with E-state index in [0.717, 1.165) is 32.4 Å². The van der Waals surface area contributed by atoms with Crippen molar-refractivity contribution in [3.63, 3.8) is 0 Å². The Balaban J connectivity index is 1.70. The third kappa shape index (κ3) is 5.12. The lowest BCUT2D eigenvalue weighted by Gasteiger charge is -2.40. The van der Waals surface area contributed by atoms with E-state index < -0.39 is 9.84 Å². The van der Waals surface area contributed by atoms with Gasteiger partial charge in [-0.1, -0.05) is 13.8 Å². The van der Waals surface area contributed by atoms with Crippen molar-refractivity contribution in [1.82, 2.24) is 9.80 Å². The second-order valence-electron chi connectivity index (χ2n) is 6.70. The predicted octanol–water partition coefficient (Wildman–Crippen LogP) is 1.36. The Morgan fingerprint density at radius 3 is 2.27 bits per heavy atom. The van der Waals surface area contributed by atoms with Crippen LogP contribution in [0.4, 0.5) is 4.79 Å². The minimum atomic E-state index is -2.81. The number of carbonyl (C=O) groups is 1. The van der Waals surface area contributed by atoms with E-state index in [1.54, 1.807) is 4.90 Å². The minimum Gasteiger partial charge on any atom is -0.449 e. The van der Waals surface area contributed by atoms with E-state index >= 15 is 0 Å². The number of carbonyl (C=O) groups excluding carboxylic acids is 1. The first-order valence-corrected chi connectivity index (χ1v) is 10.1. The van der Waals surface area contributed by atoms with Gasteiger partial charge in [0.25, 0.3) is 0 Å². The summed E-state index contributed by atoms with van der Waals surface area (Å²) in [6.07, 6.45) is 2.12. The molecule has 2 saturated heterocycles. The van der Waals surface area contributed by atoms with Crippen LogP contribution in [0, 0.1) is 5.92 Å². The van der Waals surface area contributed by atoms with Crippen LogP contribution < -0.4 is 0 Å². The van der Waals surface area contributed by atoms with E-state index in [2.05, 4.69) is 18.7 Å². The van der Waals surface area contributed by atoms with E-state index in [4.69, 9.17) is 4.74 Å². The molecule has 0 unspecified atom stereocenters. The highest BCUT2D eigenvalue weighted by atomic mass is 32.2. The molecule has 0 aliphatic carbocycles. The van der Waals surface area contributed by atoms with E-state index in [1.807, 2.05) is 0 Å². The van der Waals surface area contributed by atoms with Crippen molar-refractivity contribution < 1.29 is 17.9 Å². The Hall–Kier alpha value is -0.820. The maximum Gasteiger partial charge on any atom is 0.409 e. The molecule has 22 heavy (non-hydrogen) atoms. The lowest BCUT2D eigenvalue weighted by atomic mass is 10.1. The molecule has 0 aromatic heterocycles. The van der Waals surface area contributed by atoms with Crippen molar-refractivity contribution in [3.05, 3.63) is 0 Å². The molecule has 2 aliphatic rings. The van der Waals surface area contributed by atoms with Gasteiger partial charge in [0.05, 0.1) is 18.1 Å². The molecule has 2 rings (SSSR count). The molecule has 2 heterocycles. The zero-order valence-corrected chi connectivity index (χ0v) is 14.5. The van der Waals surface area contributed by atoms with Crippen LogP contribution in [0.25, 0.3) is 0 Å². The van der Waals surface area contributed by atoms with Crippen LogP contribution in [0.15, 0.2) is 0 Å². The molecule has 0 bridgehead atoms. The zero-order valence-electron chi connectivity index (χ0n) is 13.7. The van der Waals surface area contributed by atoms with Crippen molar-refractivity contribution in [1.29, 1.82) is 0 Å². The van der Waals surface area contributed by atoms with Crippen LogP contribution in [-0.4, -0.2) is 74.6 Å². The first-order valence-electron chi connectivity index (χ1n) is 8.23. The van der Waals surface area contributed by atoms with Gasteiger partial charge in [0, 0.05) is 32.2 Å². The standard InChI is InChI=1S/C15H28N2O4S/c1-13(2)3-10-21-15(18)17-8-6-16(7-9-17)14-4-11-22(19,20)12-5-14/h13-14H,3-12H2,1-2H3. The van der Waals surface area contributed by atoms with Gasteiger partial charge in [-0.3, -0.25) is 4.90 Å². The summed E-state index contributed by atoms with van der Waals surface area (Å²) in [4.78, 5) is 16.0. The van der Waals surface area contributed by atoms with Crippen LogP contribution >= 0.6 is 0 Å².